The van der Waals surface area contributed by atoms with Gasteiger partial charge >= 0.3 is 0 Å². The Balaban J connectivity index is 1.43. The zero-order chi connectivity index (χ0) is 22.5. The number of carbonyl (C=O) groups excluding carboxylic acids is 1. The molecule has 8 nitrogen and oxygen atoms in total. The molecular weight excluding hydrogens is 428 g/mol. The van der Waals surface area contributed by atoms with Crippen LogP contribution >= 0.6 is 11.6 Å². The summed E-state index contributed by atoms with van der Waals surface area (Å²) in [6.07, 6.45) is 9.40. The van der Waals surface area contributed by atoms with Crippen LogP contribution in [0.25, 0.3) is 11.3 Å². The van der Waals surface area contributed by atoms with Crippen molar-refractivity contribution in [3.8, 4) is 11.3 Å². The molecule has 0 radical (unpaired) electrons. The summed E-state index contributed by atoms with van der Waals surface area (Å²) in [5.41, 5.74) is 1.31. The molecule has 172 valence electrons. The Morgan fingerprint density at radius 1 is 1.22 bits per heavy atom. The van der Waals surface area contributed by atoms with Crippen LogP contribution in [-0.2, 0) is 9.53 Å². The van der Waals surface area contributed by atoms with Crippen molar-refractivity contribution >= 4 is 29.1 Å². The molecular formula is C23H31ClN6O2. The van der Waals surface area contributed by atoms with Crippen molar-refractivity contribution < 1.29 is 9.53 Å². The van der Waals surface area contributed by atoms with E-state index in [0.29, 0.717) is 40.4 Å². The third-order valence-corrected chi connectivity index (χ3v) is 6.35. The van der Waals surface area contributed by atoms with Gasteiger partial charge < -0.3 is 20.7 Å². The van der Waals surface area contributed by atoms with Crippen LogP contribution < -0.4 is 16.0 Å². The number of rotatable bonds is 6. The van der Waals surface area contributed by atoms with E-state index in [4.69, 9.17) is 21.3 Å². The molecule has 1 amide bonds. The Labute approximate surface area is 193 Å². The monoisotopic (exact) mass is 458 g/mol. The van der Waals surface area contributed by atoms with Gasteiger partial charge in [0.1, 0.15) is 11.6 Å². The fourth-order valence-electron chi connectivity index (χ4n) is 4.55. The average molecular weight is 459 g/mol. The summed E-state index contributed by atoms with van der Waals surface area (Å²) in [5.74, 6) is 1.61. The van der Waals surface area contributed by atoms with Crippen LogP contribution in [0.1, 0.15) is 39.5 Å². The molecule has 2 aliphatic heterocycles. The maximum atomic E-state index is 12.6. The molecule has 2 aromatic rings. The van der Waals surface area contributed by atoms with Crippen LogP contribution in [0.4, 0.5) is 11.6 Å². The molecule has 3 atom stereocenters. The minimum atomic E-state index is -0.0485. The minimum absolute atomic E-state index is 0.0283. The maximum absolute atomic E-state index is 12.6. The van der Waals surface area contributed by atoms with E-state index >= 15 is 0 Å². The van der Waals surface area contributed by atoms with Crippen molar-refractivity contribution in [2.24, 2.45) is 11.8 Å². The summed E-state index contributed by atoms with van der Waals surface area (Å²) in [5, 5.41) is 10.0. The second-order valence-corrected chi connectivity index (χ2v) is 9.25. The quantitative estimate of drug-likeness (QED) is 0.606. The fourth-order valence-corrected chi connectivity index (χ4v) is 4.75. The van der Waals surface area contributed by atoms with E-state index in [1.165, 1.54) is 6.20 Å². The molecule has 2 aliphatic rings. The van der Waals surface area contributed by atoms with Crippen LogP contribution in [0.15, 0.2) is 24.7 Å². The van der Waals surface area contributed by atoms with Crippen LogP contribution in [0.5, 0.6) is 0 Å². The smallest absolute Gasteiger partial charge is 0.229 e. The van der Waals surface area contributed by atoms with E-state index in [1.807, 2.05) is 0 Å². The van der Waals surface area contributed by atoms with Crippen LogP contribution in [0, 0.1) is 11.8 Å². The summed E-state index contributed by atoms with van der Waals surface area (Å²) >= 11 is 6.41. The molecule has 0 spiro atoms. The predicted molar refractivity (Wildman–Crippen MR) is 126 cm³/mol. The largest absolute Gasteiger partial charge is 0.376 e. The summed E-state index contributed by atoms with van der Waals surface area (Å²) in [6.45, 7) is 6.71. The number of nitrogens with zero attached hydrogens (tertiary/aromatic N) is 3. The molecule has 0 aromatic carbocycles. The number of ether oxygens (including phenoxy) is 1. The molecule has 2 fully saturated rings. The molecule has 4 heterocycles. The predicted octanol–water partition coefficient (Wildman–Crippen LogP) is 3.75. The number of hydrogen-bond acceptors (Lipinski definition) is 7. The van der Waals surface area contributed by atoms with E-state index in [-0.39, 0.29) is 24.0 Å². The molecule has 0 bridgehead atoms. The lowest BCUT2D eigenvalue weighted by molar-refractivity contribution is -0.120. The molecule has 32 heavy (non-hydrogen) atoms. The number of amides is 1. The minimum Gasteiger partial charge on any atom is -0.376 e. The van der Waals surface area contributed by atoms with Crippen LogP contribution in [0.3, 0.4) is 0 Å². The van der Waals surface area contributed by atoms with E-state index < -0.39 is 0 Å². The van der Waals surface area contributed by atoms with E-state index in [2.05, 4.69) is 39.8 Å². The van der Waals surface area contributed by atoms with E-state index in [1.54, 1.807) is 18.5 Å². The Morgan fingerprint density at radius 3 is 2.78 bits per heavy atom. The standard InChI is InChI=1S/C23H31ClN6O2/c1-14-6-16(7-15(2)32-14)9-27-22-13-26-12-20(29-22)18-8-21(28-11-19(18)24)30-23(31)17-4-3-5-25-10-17/h8,11-17,25H,3-7,9-10H2,1-2H3,(H,27,29)(H,28,30,31). The number of halogens is 1. The highest BCUT2D eigenvalue weighted by atomic mass is 35.5. The summed E-state index contributed by atoms with van der Waals surface area (Å²) in [6, 6.07) is 1.76. The van der Waals surface area contributed by atoms with Gasteiger partial charge in [-0.3, -0.25) is 9.78 Å². The maximum Gasteiger partial charge on any atom is 0.229 e. The number of pyridine rings is 1. The number of nitrogens with one attached hydrogen (secondary N) is 3. The molecule has 3 N–H and O–H groups in total. The SMILES string of the molecule is CC1CC(CNc2cncc(-c3cc(NC(=O)C4CCCNC4)ncc3Cl)n2)CC(C)O1. The normalized spacial score (nSPS) is 25.8. The lowest BCUT2D eigenvalue weighted by atomic mass is 9.92. The Bertz CT molecular complexity index is 926. The van der Waals surface area contributed by atoms with Gasteiger partial charge in [0.05, 0.1) is 41.2 Å². The molecule has 3 unspecified atom stereocenters. The van der Waals surface area contributed by atoms with Gasteiger partial charge in [-0.15, -0.1) is 0 Å². The first-order valence-electron chi connectivity index (χ1n) is 11.4. The number of hydrogen-bond donors (Lipinski definition) is 3. The first-order chi connectivity index (χ1) is 15.5. The number of anilines is 2. The lowest BCUT2D eigenvalue weighted by Crippen LogP contribution is -2.37. The molecule has 2 saturated heterocycles. The van der Waals surface area contributed by atoms with Crippen LogP contribution in [-0.4, -0.2) is 52.7 Å². The second-order valence-electron chi connectivity index (χ2n) is 8.85. The molecule has 2 aromatic heterocycles. The summed E-state index contributed by atoms with van der Waals surface area (Å²) < 4.78 is 5.83. The summed E-state index contributed by atoms with van der Waals surface area (Å²) in [7, 11) is 0. The van der Waals surface area contributed by atoms with Gasteiger partial charge in [-0.25, -0.2) is 9.97 Å². The van der Waals surface area contributed by atoms with Crippen molar-refractivity contribution in [3.05, 3.63) is 29.7 Å². The van der Waals surface area contributed by atoms with Gasteiger partial charge in [0.15, 0.2) is 0 Å². The van der Waals surface area contributed by atoms with Crippen molar-refractivity contribution in [2.75, 3.05) is 30.3 Å². The third-order valence-electron chi connectivity index (χ3n) is 6.05. The van der Waals surface area contributed by atoms with Crippen molar-refractivity contribution in [1.82, 2.24) is 20.3 Å². The third kappa shape index (κ3) is 5.94. The molecule has 0 saturated carbocycles. The Morgan fingerprint density at radius 2 is 2.03 bits per heavy atom. The van der Waals surface area contributed by atoms with Crippen molar-refractivity contribution in [3.63, 3.8) is 0 Å². The van der Waals surface area contributed by atoms with Gasteiger partial charge in [-0.05, 0) is 58.1 Å². The average Bonchev–Trinajstić information content (AvgIpc) is 2.79. The van der Waals surface area contributed by atoms with Crippen LogP contribution in [0.2, 0.25) is 5.02 Å². The van der Waals surface area contributed by atoms with Gasteiger partial charge in [-0.1, -0.05) is 11.6 Å². The summed E-state index contributed by atoms with van der Waals surface area (Å²) in [4.78, 5) is 25.9. The topological polar surface area (TPSA) is 101 Å². The second kappa shape index (κ2) is 10.6. The molecule has 0 aliphatic carbocycles. The first-order valence-corrected chi connectivity index (χ1v) is 11.7. The highest BCUT2D eigenvalue weighted by Gasteiger charge is 2.24. The van der Waals surface area contributed by atoms with E-state index in [0.717, 1.165) is 38.8 Å². The highest BCUT2D eigenvalue weighted by molar-refractivity contribution is 6.33. The van der Waals surface area contributed by atoms with Crippen molar-refractivity contribution in [2.45, 2.75) is 51.7 Å². The number of piperidine rings is 1. The van der Waals surface area contributed by atoms with Gasteiger partial charge in [0, 0.05) is 24.8 Å². The van der Waals surface area contributed by atoms with E-state index in [9.17, 15) is 4.79 Å². The lowest BCUT2D eigenvalue weighted by Gasteiger charge is -2.32. The zero-order valence-electron chi connectivity index (χ0n) is 18.6. The number of carbonyl (C=O) groups is 1. The fraction of sp³-hybridized carbons (Fsp3) is 0.565. The molecule has 9 heteroatoms. The molecule has 4 rings (SSSR count). The van der Waals surface area contributed by atoms with Gasteiger partial charge in [0.25, 0.3) is 0 Å². The van der Waals surface area contributed by atoms with Gasteiger partial charge in [-0.2, -0.15) is 0 Å². The van der Waals surface area contributed by atoms with Gasteiger partial charge in [0.2, 0.25) is 5.91 Å². The Hall–Kier alpha value is -2.29. The first kappa shape index (κ1) is 22.9. The number of aromatic nitrogens is 3. The Kier molecular flexibility index (Phi) is 7.55. The van der Waals surface area contributed by atoms with Crippen molar-refractivity contribution in [1.29, 1.82) is 0 Å². The highest BCUT2D eigenvalue weighted by Crippen LogP contribution is 2.29. The zero-order valence-corrected chi connectivity index (χ0v) is 19.4.